The van der Waals surface area contributed by atoms with Crippen LogP contribution in [0.15, 0.2) is 28.8 Å². The molecule has 2 aromatic rings. The third kappa shape index (κ3) is 2.43. The van der Waals surface area contributed by atoms with Gasteiger partial charge in [0, 0.05) is 5.56 Å². The van der Waals surface area contributed by atoms with Gasteiger partial charge in [-0.3, -0.25) is 0 Å². The minimum absolute atomic E-state index is 0.0273. The van der Waals surface area contributed by atoms with Gasteiger partial charge in [0.1, 0.15) is 0 Å². The summed E-state index contributed by atoms with van der Waals surface area (Å²) in [4.78, 5) is 4.35. The lowest BCUT2D eigenvalue weighted by atomic mass is 9.84. The van der Waals surface area contributed by atoms with Gasteiger partial charge in [-0.25, -0.2) is 0 Å². The lowest BCUT2D eigenvalue weighted by molar-refractivity contribution is 0.417. The van der Waals surface area contributed by atoms with Gasteiger partial charge in [0.05, 0.1) is 6.04 Å². The molecular weight excluding hydrogens is 226 g/mol. The van der Waals surface area contributed by atoms with E-state index in [1.807, 2.05) is 25.1 Å². The monoisotopic (exact) mass is 245 g/mol. The number of hydrogen-bond acceptors (Lipinski definition) is 4. The Morgan fingerprint density at radius 1 is 1.22 bits per heavy atom. The molecule has 0 aliphatic heterocycles. The number of aromatic nitrogens is 2. The van der Waals surface area contributed by atoms with Gasteiger partial charge in [-0.05, 0) is 24.0 Å². The Bertz CT molecular complexity index is 538. The molecule has 0 aliphatic rings. The summed E-state index contributed by atoms with van der Waals surface area (Å²) in [5.74, 6) is 1.07. The zero-order valence-electron chi connectivity index (χ0n) is 11.3. The zero-order chi connectivity index (χ0) is 13.3. The molecule has 0 amide bonds. The van der Waals surface area contributed by atoms with Crippen LogP contribution in [0.4, 0.5) is 0 Å². The third-order valence-electron chi connectivity index (χ3n) is 2.81. The second kappa shape index (κ2) is 4.53. The predicted molar refractivity (Wildman–Crippen MR) is 71.0 cm³/mol. The molecule has 1 aromatic carbocycles. The van der Waals surface area contributed by atoms with E-state index in [-0.39, 0.29) is 11.5 Å². The standard InChI is InChI=1S/C14H19N3O/c1-9(15)12-16-13(18-17-12)10-7-5-6-8-11(10)14(2,3)4/h5-9H,15H2,1-4H3. The minimum Gasteiger partial charge on any atom is -0.334 e. The van der Waals surface area contributed by atoms with Crippen molar-refractivity contribution in [1.82, 2.24) is 10.1 Å². The summed E-state index contributed by atoms with van der Waals surface area (Å²) in [5, 5.41) is 3.90. The zero-order valence-corrected chi connectivity index (χ0v) is 11.3. The topological polar surface area (TPSA) is 64.9 Å². The van der Waals surface area contributed by atoms with E-state index < -0.39 is 0 Å². The van der Waals surface area contributed by atoms with Crippen molar-refractivity contribution in [2.75, 3.05) is 0 Å². The van der Waals surface area contributed by atoms with E-state index in [4.69, 9.17) is 10.3 Å². The Hall–Kier alpha value is -1.68. The fraction of sp³-hybridized carbons (Fsp3) is 0.429. The molecular formula is C14H19N3O. The molecule has 4 nitrogen and oxygen atoms in total. The first kappa shape index (κ1) is 12.8. The number of nitrogens with two attached hydrogens (primary N) is 1. The largest absolute Gasteiger partial charge is 0.334 e. The molecule has 2 N–H and O–H groups in total. The molecule has 0 aliphatic carbocycles. The van der Waals surface area contributed by atoms with E-state index in [9.17, 15) is 0 Å². The summed E-state index contributed by atoms with van der Waals surface area (Å²) in [6, 6.07) is 7.86. The smallest absolute Gasteiger partial charge is 0.258 e. The van der Waals surface area contributed by atoms with Crippen LogP contribution >= 0.6 is 0 Å². The van der Waals surface area contributed by atoms with E-state index in [0.29, 0.717) is 11.7 Å². The van der Waals surface area contributed by atoms with Crippen LogP contribution in [0.3, 0.4) is 0 Å². The Kier molecular flexibility index (Phi) is 3.22. The van der Waals surface area contributed by atoms with E-state index >= 15 is 0 Å². The average molecular weight is 245 g/mol. The van der Waals surface area contributed by atoms with Crippen LogP contribution < -0.4 is 5.73 Å². The Morgan fingerprint density at radius 3 is 2.44 bits per heavy atom. The van der Waals surface area contributed by atoms with E-state index in [1.54, 1.807) is 0 Å². The summed E-state index contributed by atoms with van der Waals surface area (Å²) in [5.41, 5.74) is 7.93. The highest BCUT2D eigenvalue weighted by atomic mass is 16.5. The Labute approximate surface area is 107 Å². The van der Waals surface area contributed by atoms with Gasteiger partial charge in [-0.1, -0.05) is 44.1 Å². The van der Waals surface area contributed by atoms with Crippen molar-refractivity contribution in [1.29, 1.82) is 0 Å². The summed E-state index contributed by atoms with van der Waals surface area (Å²) >= 11 is 0. The van der Waals surface area contributed by atoms with Crippen LogP contribution in [0, 0.1) is 0 Å². The first-order chi connectivity index (χ1) is 8.39. The first-order valence-electron chi connectivity index (χ1n) is 6.08. The normalized spacial score (nSPS) is 13.6. The van der Waals surface area contributed by atoms with Crippen LogP contribution in [0.5, 0.6) is 0 Å². The quantitative estimate of drug-likeness (QED) is 0.883. The molecule has 96 valence electrons. The van der Waals surface area contributed by atoms with E-state index in [1.165, 1.54) is 5.56 Å². The highest BCUT2D eigenvalue weighted by Gasteiger charge is 2.21. The Morgan fingerprint density at radius 2 is 1.89 bits per heavy atom. The van der Waals surface area contributed by atoms with Crippen LogP contribution in [0.25, 0.3) is 11.5 Å². The number of benzene rings is 1. The summed E-state index contributed by atoms with van der Waals surface area (Å²) in [7, 11) is 0. The van der Waals surface area contributed by atoms with Crippen LogP contribution in [-0.4, -0.2) is 10.1 Å². The fourth-order valence-electron chi connectivity index (χ4n) is 1.85. The SMILES string of the molecule is CC(N)c1noc(-c2ccccc2C(C)(C)C)n1. The molecule has 0 saturated heterocycles. The van der Waals surface area contributed by atoms with E-state index in [2.05, 4.69) is 37.0 Å². The van der Waals surface area contributed by atoms with Crippen molar-refractivity contribution < 1.29 is 4.52 Å². The molecule has 1 aromatic heterocycles. The average Bonchev–Trinajstić information content (AvgIpc) is 2.77. The predicted octanol–water partition coefficient (Wildman–Crippen LogP) is 3.05. The lowest BCUT2D eigenvalue weighted by Gasteiger charge is -2.21. The third-order valence-corrected chi connectivity index (χ3v) is 2.81. The Balaban J connectivity index is 2.50. The van der Waals surface area contributed by atoms with Crippen LogP contribution in [-0.2, 0) is 5.41 Å². The summed E-state index contributed by atoms with van der Waals surface area (Å²) in [6.07, 6.45) is 0. The molecule has 2 rings (SSSR count). The molecule has 0 saturated carbocycles. The van der Waals surface area contributed by atoms with Gasteiger partial charge < -0.3 is 10.3 Å². The lowest BCUT2D eigenvalue weighted by Crippen LogP contribution is -2.12. The summed E-state index contributed by atoms with van der Waals surface area (Å²) in [6.45, 7) is 8.32. The van der Waals surface area contributed by atoms with Crippen molar-refractivity contribution in [3.05, 3.63) is 35.7 Å². The van der Waals surface area contributed by atoms with Crippen LogP contribution in [0.1, 0.15) is 45.1 Å². The van der Waals surface area contributed by atoms with Gasteiger partial charge in [0.2, 0.25) is 0 Å². The van der Waals surface area contributed by atoms with E-state index in [0.717, 1.165) is 5.56 Å². The molecule has 1 atom stereocenters. The van der Waals surface area contributed by atoms with Crippen molar-refractivity contribution >= 4 is 0 Å². The second-order valence-corrected chi connectivity index (χ2v) is 5.54. The number of hydrogen-bond donors (Lipinski definition) is 1. The second-order valence-electron chi connectivity index (χ2n) is 5.54. The fourth-order valence-corrected chi connectivity index (χ4v) is 1.85. The highest BCUT2D eigenvalue weighted by Crippen LogP contribution is 2.32. The van der Waals surface area contributed by atoms with Gasteiger partial charge in [-0.2, -0.15) is 4.98 Å². The van der Waals surface area contributed by atoms with Gasteiger partial charge in [0.15, 0.2) is 5.82 Å². The molecule has 4 heteroatoms. The van der Waals surface area contributed by atoms with Gasteiger partial charge in [-0.15, -0.1) is 0 Å². The summed E-state index contributed by atoms with van der Waals surface area (Å²) < 4.78 is 5.31. The van der Waals surface area contributed by atoms with Crippen molar-refractivity contribution in [2.45, 2.75) is 39.2 Å². The van der Waals surface area contributed by atoms with Gasteiger partial charge in [0.25, 0.3) is 5.89 Å². The molecule has 0 radical (unpaired) electrons. The molecule has 18 heavy (non-hydrogen) atoms. The van der Waals surface area contributed by atoms with Crippen molar-refractivity contribution in [3.63, 3.8) is 0 Å². The molecule has 0 spiro atoms. The number of nitrogens with zero attached hydrogens (tertiary/aromatic N) is 2. The highest BCUT2D eigenvalue weighted by molar-refractivity contribution is 5.60. The van der Waals surface area contributed by atoms with Crippen LogP contribution in [0.2, 0.25) is 0 Å². The number of rotatable bonds is 2. The molecule has 0 bridgehead atoms. The maximum absolute atomic E-state index is 5.74. The van der Waals surface area contributed by atoms with Crippen molar-refractivity contribution in [3.8, 4) is 11.5 Å². The maximum atomic E-state index is 5.74. The first-order valence-corrected chi connectivity index (χ1v) is 6.08. The van der Waals surface area contributed by atoms with Crippen molar-refractivity contribution in [2.24, 2.45) is 5.73 Å². The maximum Gasteiger partial charge on any atom is 0.258 e. The molecule has 0 fully saturated rings. The molecule has 1 heterocycles. The van der Waals surface area contributed by atoms with Gasteiger partial charge >= 0.3 is 0 Å². The molecule has 1 unspecified atom stereocenters. The minimum atomic E-state index is -0.218.